The fourth-order valence-corrected chi connectivity index (χ4v) is 3.64. The van der Waals surface area contributed by atoms with Crippen LogP contribution < -0.4 is 10.6 Å². The van der Waals surface area contributed by atoms with Crippen LogP contribution in [0.5, 0.6) is 0 Å². The van der Waals surface area contributed by atoms with E-state index in [4.69, 9.17) is 11.6 Å². The Hall–Kier alpha value is -2.08. The maximum absolute atomic E-state index is 12.6. The predicted molar refractivity (Wildman–Crippen MR) is 99.3 cm³/mol. The molecule has 2 saturated heterocycles. The van der Waals surface area contributed by atoms with Crippen molar-refractivity contribution in [1.29, 1.82) is 0 Å². The highest BCUT2D eigenvalue weighted by molar-refractivity contribution is 6.30. The summed E-state index contributed by atoms with van der Waals surface area (Å²) in [6.45, 7) is 1.71. The number of ketones is 1. The summed E-state index contributed by atoms with van der Waals surface area (Å²) in [5.41, 5.74) is 0.660. The lowest BCUT2D eigenvalue weighted by Gasteiger charge is -2.32. The van der Waals surface area contributed by atoms with E-state index < -0.39 is 6.04 Å². The summed E-state index contributed by atoms with van der Waals surface area (Å²) in [4.78, 5) is 38.7. The Morgan fingerprint density at radius 1 is 1.08 bits per heavy atom. The first-order valence-corrected chi connectivity index (χ1v) is 9.55. The minimum atomic E-state index is -0.460. The number of benzene rings is 1. The maximum atomic E-state index is 12.6. The second kappa shape index (κ2) is 8.54. The van der Waals surface area contributed by atoms with Crippen LogP contribution in [0.15, 0.2) is 24.3 Å². The molecule has 26 heavy (non-hydrogen) atoms. The van der Waals surface area contributed by atoms with Crippen molar-refractivity contribution >= 4 is 29.3 Å². The molecule has 0 aromatic heterocycles. The molecule has 0 radical (unpaired) electrons. The number of amides is 3. The van der Waals surface area contributed by atoms with Crippen LogP contribution in [0.1, 0.15) is 42.5 Å². The molecule has 6 nitrogen and oxygen atoms in total. The van der Waals surface area contributed by atoms with Crippen molar-refractivity contribution in [3.05, 3.63) is 34.9 Å². The number of hydrogen-bond acceptors (Lipinski definition) is 3. The zero-order valence-corrected chi connectivity index (χ0v) is 15.4. The van der Waals surface area contributed by atoms with Crippen LogP contribution >= 0.6 is 11.6 Å². The lowest BCUT2D eigenvalue weighted by Crippen LogP contribution is -2.52. The Morgan fingerprint density at radius 2 is 1.77 bits per heavy atom. The molecule has 1 aromatic rings. The minimum absolute atomic E-state index is 0.0820. The first-order valence-electron chi connectivity index (χ1n) is 9.17. The topological polar surface area (TPSA) is 78.5 Å². The van der Waals surface area contributed by atoms with Crippen LogP contribution in [0, 0.1) is 5.92 Å². The van der Waals surface area contributed by atoms with Gasteiger partial charge in [0.2, 0.25) is 5.91 Å². The molecule has 1 aromatic carbocycles. The molecule has 140 valence electrons. The number of rotatable bonds is 3. The standard InChI is InChI=1S/C19H24ClN3O3/c20-15-6-4-13(5-7-15)17(24)14-8-11-23(12-9-14)19(26)22-16-3-1-2-10-21-18(16)25/h4-7,14,16H,1-3,8-12H2,(H,21,25)(H,22,26)/t16-/m1/s1. The Labute approximate surface area is 158 Å². The SMILES string of the molecule is O=C(c1ccc(Cl)cc1)C1CCN(C(=O)N[C@@H]2CCCCNC2=O)CC1. The molecule has 3 rings (SSSR count). The molecule has 2 fully saturated rings. The first kappa shape index (κ1) is 18.7. The van der Waals surface area contributed by atoms with Crippen LogP contribution in [-0.2, 0) is 4.79 Å². The third-order valence-corrected chi connectivity index (χ3v) is 5.37. The molecule has 0 bridgehead atoms. The van der Waals surface area contributed by atoms with E-state index in [-0.39, 0.29) is 23.6 Å². The van der Waals surface area contributed by atoms with Crippen LogP contribution in [0.4, 0.5) is 4.79 Å². The van der Waals surface area contributed by atoms with Crippen molar-refractivity contribution in [3.8, 4) is 0 Å². The summed E-state index contributed by atoms with van der Waals surface area (Å²) >= 11 is 5.87. The van der Waals surface area contributed by atoms with E-state index in [1.54, 1.807) is 29.2 Å². The van der Waals surface area contributed by atoms with Gasteiger partial charge in [0.15, 0.2) is 5.78 Å². The molecule has 2 N–H and O–H groups in total. The van der Waals surface area contributed by atoms with Crippen LogP contribution in [0.25, 0.3) is 0 Å². The second-order valence-electron chi connectivity index (χ2n) is 6.92. The number of Topliss-reactive ketones (excluding diaryl/α,β-unsaturated/α-hetero) is 1. The number of hydrogen-bond donors (Lipinski definition) is 2. The summed E-state index contributed by atoms with van der Waals surface area (Å²) < 4.78 is 0. The summed E-state index contributed by atoms with van der Waals surface area (Å²) in [7, 11) is 0. The van der Waals surface area contributed by atoms with E-state index in [1.165, 1.54) is 0 Å². The van der Waals surface area contributed by atoms with Crippen molar-refractivity contribution in [3.63, 3.8) is 0 Å². The predicted octanol–water partition coefficient (Wildman–Crippen LogP) is 2.61. The van der Waals surface area contributed by atoms with E-state index in [0.717, 1.165) is 12.8 Å². The number of piperidine rings is 1. The van der Waals surface area contributed by atoms with E-state index in [1.807, 2.05) is 0 Å². The molecule has 2 aliphatic rings. The zero-order chi connectivity index (χ0) is 18.5. The highest BCUT2D eigenvalue weighted by atomic mass is 35.5. The van der Waals surface area contributed by atoms with Gasteiger partial charge in [0.05, 0.1) is 0 Å². The van der Waals surface area contributed by atoms with Gasteiger partial charge in [-0.25, -0.2) is 4.79 Å². The number of likely N-dealkylation sites (tertiary alicyclic amines) is 1. The smallest absolute Gasteiger partial charge is 0.318 e. The van der Waals surface area contributed by atoms with E-state index in [2.05, 4.69) is 10.6 Å². The summed E-state index contributed by atoms with van der Waals surface area (Å²) in [6.07, 6.45) is 3.79. The van der Waals surface area contributed by atoms with Gasteiger partial charge in [0, 0.05) is 36.1 Å². The molecule has 1 atom stereocenters. The van der Waals surface area contributed by atoms with Gasteiger partial charge in [0.25, 0.3) is 0 Å². The molecule has 0 unspecified atom stereocenters. The zero-order valence-electron chi connectivity index (χ0n) is 14.7. The lowest BCUT2D eigenvalue weighted by molar-refractivity contribution is -0.122. The number of carbonyl (C=O) groups is 3. The van der Waals surface area contributed by atoms with Gasteiger partial charge in [-0.15, -0.1) is 0 Å². The van der Waals surface area contributed by atoms with Crippen LogP contribution in [0.2, 0.25) is 5.02 Å². The highest BCUT2D eigenvalue weighted by Crippen LogP contribution is 2.23. The summed E-state index contributed by atoms with van der Waals surface area (Å²) in [5.74, 6) is -0.0880. The molecular weight excluding hydrogens is 354 g/mol. The van der Waals surface area contributed by atoms with E-state index in [0.29, 0.717) is 49.5 Å². The van der Waals surface area contributed by atoms with Gasteiger partial charge in [0.1, 0.15) is 6.04 Å². The fourth-order valence-electron chi connectivity index (χ4n) is 3.51. The Bertz CT molecular complexity index is 669. The van der Waals surface area contributed by atoms with Gasteiger partial charge in [-0.2, -0.15) is 0 Å². The number of nitrogens with zero attached hydrogens (tertiary/aromatic N) is 1. The molecule has 7 heteroatoms. The number of urea groups is 1. The largest absolute Gasteiger partial charge is 0.354 e. The van der Waals surface area contributed by atoms with Crippen LogP contribution in [0.3, 0.4) is 0 Å². The molecular formula is C19H24ClN3O3. The van der Waals surface area contributed by atoms with Gasteiger partial charge in [-0.1, -0.05) is 11.6 Å². The monoisotopic (exact) mass is 377 g/mol. The van der Waals surface area contributed by atoms with Crippen molar-refractivity contribution in [2.24, 2.45) is 5.92 Å². The summed E-state index contributed by atoms with van der Waals surface area (Å²) in [5, 5.41) is 6.26. The lowest BCUT2D eigenvalue weighted by atomic mass is 9.89. The van der Waals surface area contributed by atoms with Crippen molar-refractivity contribution in [1.82, 2.24) is 15.5 Å². The van der Waals surface area contributed by atoms with Crippen LogP contribution in [-0.4, -0.2) is 48.3 Å². The minimum Gasteiger partial charge on any atom is -0.354 e. The highest BCUT2D eigenvalue weighted by Gasteiger charge is 2.30. The van der Waals surface area contributed by atoms with Crippen molar-refractivity contribution in [2.75, 3.05) is 19.6 Å². The van der Waals surface area contributed by atoms with Gasteiger partial charge >= 0.3 is 6.03 Å². The van der Waals surface area contributed by atoms with E-state index in [9.17, 15) is 14.4 Å². The quantitative estimate of drug-likeness (QED) is 0.795. The second-order valence-corrected chi connectivity index (χ2v) is 7.36. The number of nitrogens with one attached hydrogen (secondary N) is 2. The molecule has 3 amide bonds. The fraction of sp³-hybridized carbons (Fsp3) is 0.526. The first-order chi connectivity index (χ1) is 12.5. The number of carbonyl (C=O) groups excluding carboxylic acids is 3. The number of halogens is 1. The summed E-state index contributed by atoms with van der Waals surface area (Å²) in [6, 6.07) is 6.25. The molecule has 0 spiro atoms. The Kier molecular flexibility index (Phi) is 6.14. The van der Waals surface area contributed by atoms with Crippen molar-refractivity contribution in [2.45, 2.75) is 38.1 Å². The molecule has 0 aliphatic carbocycles. The van der Waals surface area contributed by atoms with Gasteiger partial charge in [-0.3, -0.25) is 9.59 Å². The van der Waals surface area contributed by atoms with Gasteiger partial charge in [-0.05, 0) is 56.4 Å². The third-order valence-electron chi connectivity index (χ3n) is 5.11. The molecule has 2 heterocycles. The van der Waals surface area contributed by atoms with Gasteiger partial charge < -0.3 is 15.5 Å². The molecule has 2 aliphatic heterocycles. The normalized spacial score (nSPS) is 21.7. The van der Waals surface area contributed by atoms with Crippen molar-refractivity contribution < 1.29 is 14.4 Å². The Morgan fingerprint density at radius 3 is 2.46 bits per heavy atom. The average molecular weight is 378 g/mol. The van der Waals surface area contributed by atoms with E-state index >= 15 is 0 Å². The Balaban J connectivity index is 1.51. The maximum Gasteiger partial charge on any atom is 0.318 e. The third kappa shape index (κ3) is 4.55. The average Bonchev–Trinajstić information content (AvgIpc) is 2.86. The molecule has 0 saturated carbocycles.